The Morgan fingerprint density at radius 1 is 1.25 bits per heavy atom. The number of nitrogens with one attached hydrogen (secondary N) is 2. The number of aliphatic hydroxyl groups excluding tert-OH is 1. The van der Waals surface area contributed by atoms with Gasteiger partial charge in [0.05, 0.1) is 6.10 Å². The van der Waals surface area contributed by atoms with Gasteiger partial charge in [0.25, 0.3) is 0 Å². The Balaban J connectivity index is 1.44. The number of nitrogens with zero attached hydrogens (tertiary/aromatic N) is 4. The van der Waals surface area contributed by atoms with Gasteiger partial charge in [0, 0.05) is 32.7 Å². The van der Waals surface area contributed by atoms with Gasteiger partial charge in [-0.1, -0.05) is 0 Å². The molecule has 0 amide bonds. The van der Waals surface area contributed by atoms with E-state index in [1.807, 2.05) is 0 Å². The summed E-state index contributed by atoms with van der Waals surface area (Å²) in [7, 11) is 0. The second-order valence-electron chi connectivity index (χ2n) is 5.75. The first-order valence-corrected chi connectivity index (χ1v) is 7.54. The van der Waals surface area contributed by atoms with Crippen molar-refractivity contribution in [3.8, 4) is 0 Å². The molecule has 7 nitrogen and oxygen atoms in total. The molecule has 2 aliphatic heterocycles. The average Bonchev–Trinajstić information content (AvgIpc) is 3.03. The number of β-amino-alcohol motifs (C(OH)–C–C–N with tert-alkyl or cyclic N) is 1. The molecule has 0 aliphatic carbocycles. The summed E-state index contributed by atoms with van der Waals surface area (Å²) < 4.78 is 0. The molecule has 20 heavy (non-hydrogen) atoms. The van der Waals surface area contributed by atoms with Crippen molar-refractivity contribution in [1.29, 1.82) is 0 Å². The highest BCUT2D eigenvalue weighted by molar-refractivity contribution is 5.27. The van der Waals surface area contributed by atoms with Crippen molar-refractivity contribution in [3.63, 3.8) is 0 Å². The molecule has 3 rings (SSSR count). The molecular weight excluding hydrogens is 256 g/mol. The van der Waals surface area contributed by atoms with Gasteiger partial charge in [0.1, 0.15) is 6.33 Å². The topological polar surface area (TPSA) is 80.3 Å². The Labute approximate surface area is 119 Å². The monoisotopic (exact) mass is 280 g/mol. The van der Waals surface area contributed by atoms with Crippen LogP contribution in [0.2, 0.25) is 0 Å². The van der Waals surface area contributed by atoms with Gasteiger partial charge in [0.15, 0.2) is 0 Å². The third kappa shape index (κ3) is 3.28. The highest BCUT2D eigenvalue weighted by Gasteiger charge is 2.26. The number of aliphatic hydroxyl groups is 1. The molecule has 3 heterocycles. The van der Waals surface area contributed by atoms with E-state index in [4.69, 9.17) is 0 Å². The SMILES string of the molecule is OC(CN1CCN(c2ncn[nH]2)CC1)C1CCNCC1. The molecule has 2 aliphatic rings. The zero-order chi connectivity index (χ0) is 13.8. The second kappa shape index (κ2) is 6.51. The van der Waals surface area contributed by atoms with Gasteiger partial charge in [-0.2, -0.15) is 10.1 Å². The standard InChI is InChI=1S/C13H24N6O/c20-12(11-1-3-14-4-2-11)9-18-5-7-19(8-6-18)13-15-10-16-17-13/h10-12,14,20H,1-9H2,(H,15,16,17). The predicted molar refractivity (Wildman–Crippen MR) is 76.6 cm³/mol. The third-order valence-corrected chi connectivity index (χ3v) is 4.45. The Hall–Kier alpha value is -1.18. The molecule has 1 unspecified atom stereocenters. The summed E-state index contributed by atoms with van der Waals surface area (Å²) in [6.07, 6.45) is 3.55. The largest absolute Gasteiger partial charge is 0.392 e. The number of hydrogen-bond acceptors (Lipinski definition) is 6. The summed E-state index contributed by atoms with van der Waals surface area (Å²) in [6, 6.07) is 0. The molecular formula is C13H24N6O. The van der Waals surface area contributed by atoms with E-state index in [2.05, 4.69) is 30.3 Å². The summed E-state index contributed by atoms with van der Waals surface area (Å²) in [6.45, 7) is 6.71. The quantitative estimate of drug-likeness (QED) is 0.676. The summed E-state index contributed by atoms with van der Waals surface area (Å²) in [5, 5.41) is 20.5. The molecule has 1 aromatic heterocycles. The van der Waals surface area contributed by atoms with E-state index in [1.54, 1.807) is 6.33 Å². The summed E-state index contributed by atoms with van der Waals surface area (Å²) in [4.78, 5) is 8.75. The number of H-pyrrole nitrogens is 1. The van der Waals surface area contributed by atoms with Crippen LogP contribution in [-0.2, 0) is 0 Å². The van der Waals surface area contributed by atoms with Crippen LogP contribution in [0.15, 0.2) is 6.33 Å². The first kappa shape index (κ1) is 13.8. The Kier molecular flexibility index (Phi) is 4.49. The molecule has 0 saturated carbocycles. The van der Waals surface area contributed by atoms with Crippen LogP contribution in [0.25, 0.3) is 0 Å². The number of aromatic amines is 1. The maximum absolute atomic E-state index is 10.4. The highest BCUT2D eigenvalue weighted by Crippen LogP contribution is 2.18. The predicted octanol–water partition coefficient (Wildman–Crippen LogP) is -0.713. The Bertz CT molecular complexity index is 384. The van der Waals surface area contributed by atoms with Gasteiger partial charge in [-0.15, -0.1) is 0 Å². The summed E-state index contributed by atoms with van der Waals surface area (Å²) in [5.41, 5.74) is 0. The van der Waals surface area contributed by atoms with Crippen LogP contribution in [0, 0.1) is 5.92 Å². The molecule has 0 radical (unpaired) electrons. The number of piperazine rings is 1. The van der Waals surface area contributed by atoms with Crippen LogP contribution in [0.4, 0.5) is 5.95 Å². The van der Waals surface area contributed by atoms with Crippen LogP contribution < -0.4 is 10.2 Å². The number of piperidine rings is 1. The zero-order valence-corrected chi connectivity index (χ0v) is 11.8. The van der Waals surface area contributed by atoms with E-state index >= 15 is 0 Å². The van der Waals surface area contributed by atoms with E-state index < -0.39 is 0 Å². The molecule has 2 fully saturated rings. The molecule has 2 saturated heterocycles. The lowest BCUT2D eigenvalue weighted by Crippen LogP contribution is -2.50. The maximum atomic E-state index is 10.4. The van der Waals surface area contributed by atoms with Crippen LogP contribution in [0.5, 0.6) is 0 Å². The highest BCUT2D eigenvalue weighted by atomic mass is 16.3. The lowest BCUT2D eigenvalue weighted by Gasteiger charge is -2.37. The molecule has 1 aromatic rings. The van der Waals surface area contributed by atoms with E-state index in [1.165, 1.54) is 0 Å². The third-order valence-electron chi connectivity index (χ3n) is 4.45. The molecule has 7 heteroatoms. The van der Waals surface area contributed by atoms with Gasteiger partial charge >= 0.3 is 0 Å². The lowest BCUT2D eigenvalue weighted by molar-refractivity contribution is 0.0487. The first-order valence-electron chi connectivity index (χ1n) is 7.54. The molecule has 0 aromatic carbocycles. The zero-order valence-electron chi connectivity index (χ0n) is 11.8. The second-order valence-corrected chi connectivity index (χ2v) is 5.75. The smallest absolute Gasteiger partial charge is 0.221 e. The fourth-order valence-electron chi connectivity index (χ4n) is 3.14. The number of hydrogen-bond donors (Lipinski definition) is 3. The Morgan fingerprint density at radius 2 is 2.00 bits per heavy atom. The van der Waals surface area contributed by atoms with Crippen molar-refractivity contribution in [2.75, 3.05) is 50.7 Å². The van der Waals surface area contributed by atoms with Crippen LogP contribution in [0.1, 0.15) is 12.8 Å². The fourth-order valence-corrected chi connectivity index (χ4v) is 3.14. The van der Waals surface area contributed by atoms with Crippen LogP contribution in [0.3, 0.4) is 0 Å². The summed E-state index contributed by atoms with van der Waals surface area (Å²) in [5.74, 6) is 1.31. The van der Waals surface area contributed by atoms with E-state index in [-0.39, 0.29) is 6.10 Å². The van der Waals surface area contributed by atoms with Gasteiger partial charge in [-0.25, -0.2) is 5.10 Å². The van der Waals surface area contributed by atoms with E-state index in [0.717, 1.165) is 64.6 Å². The minimum absolute atomic E-state index is 0.186. The maximum Gasteiger partial charge on any atom is 0.221 e. The number of aromatic nitrogens is 3. The average molecular weight is 280 g/mol. The number of rotatable bonds is 4. The molecule has 112 valence electrons. The molecule has 0 spiro atoms. The number of anilines is 1. The van der Waals surface area contributed by atoms with E-state index in [0.29, 0.717) is 5.92 Å². The summed E-state index contributed by atoms with van der Waals surface area (Å²) >= 11 is 0. The minimum atomic E-state index is -0.186. The fraction of sp³-hybridized carbons (Fsp3) is 0.846. The van der Waals surface area contributed by atoms with E-state index in [9.17, 15) is 5.11 Å². The van der Waals surface area contributed by atoms with Gasteiger partial charge in [-0.3, -0.25) is 4.90 Å². The molecule has 1 atom stereocenters. The normalized spacial score (nSPS) is 23.9. The van der Waals surface area contributed by atoms with Crippen molar-refractivity contribution >= 4 is 5.95 Å². The van der Waals surface area contributed by atoms with Crippen molar-refractivity contribution < 1.29 is 5.11 Å². The van der Waals surface area contributed by atoms with Crippen molar-refractivity contribution in [3.05, 3.63) is 6.33 Å². The van der Waals surface area contributed by atoms with Crippen LogP contribution in [-0.4, -0.2) is 77.1 Å². The van der Waals surface area contributed by atoms with Crippen molar-refractivity contribution in [2.45, 2.75) is 18.9 Å². The van der Waals surface area contributed by atoms with Crippen molar-refractivity contribution in [2.24, 2.45) is 5.92 Å². The van der Waals surface area contributed by atoms with Gasteiger partial charge < -0.3 is 15.3 Å². The van der Waals surface area contributed by atoms with Crippen molar-refractivity contribution in [1.82, 2.24) is 25.4 Å². The first-order chi connectivity index (χ1) is 9.83. The van der Waals surface area contributed by atoms with Gasteiger partial charge in [-0.05, 0) is 31.8 Å². The van der Waals surface area contributed by atoms with Gasteiger partial charge in [0.2, 0.25) is 5.95 Å². The van der Waals surface area contributed by atoms with Crippen LogP contribution >= 0.6 is 0 Å². The minimum Gasteiger partial charge on any atom is -0.392 e. The Morgan fingerprint density at radius 3 is 2.65 bits per heavy atom. The lowest BCUT2D eigenvalue weighted by atomic mass is 9.92. The molecule has 0 bridgehead atoms. The molecule has 3 N–H and O–H groups in total.